The topological polar surface area (TPSA) is 75.6 Å². The molecule has 1 aliphatic heterocycles. The summed E-state index contributed by atoms with van der Waals surface area (Å²) in [4.78, 5) is 28.6. The number of amides is 2. The number of benzene rings is 2. The van der Waals surface area contributed by atoms with Crippen molar-refractivity contribution in [3.8, 4) is 0 Å². The summed E-state index contributed by atoms with van der Waals surface area (Å²) < 4.78 is 8.26. The minimum absolute atomic E-state index is 0.0317. The molecular formula is C28H28N4O3S. The molecule has 1 saturated heterocycles. The molecule has 0 bridgehead atoms. The standard InChI is InChI=1S/C28H28N4O3S/c1-15-10-17-11-18(6-7-23(17)32(15)28(34)30-25-20-13-21(20)25)29-22-5-3-4-16-12-24(36-26(16)22)27(33)31-9-8-19(14-31)35-2/h3-7,10-12,19-21,25,29H,8-9,13-14H2,1-2H3,(H,30,34)/t19-,20?,21?,25?/m1/s1. The fraction of sp³-hybridized carbons (Fsp3) is 0.357. The number of aromatic nitrogens is 1. The number of nitrogens with zero attached hydrogens (tertiary/aromatic N) is 2. The number of nitrogens with one attached hydrogen (secondary N) is 2. The number of anilines is 2. The Labute approximate surface area is 213 Å². The predicted molar refractivity (Wildman–Crippen MR) is 142 cm³/mol. The van der Waals surface area contributed by atoms with Crippen LogP contribution in [0.3, 0.4) is 0 Å². The summed E-state index contributed by atoms with van der Waals surface area (Å²) in [6.45, 7) is 3.35. The maximum Gasteiger partial charge on any atom is 0.326 e. The minimum Gasteiger partial charge on any atom is -0.380 e. The molecule has 0 spiro atoms. The third-order valence-electron chi connectivity index (χ3n) is 7.95. The number of likely N-dealkylation sites (tertiary alicyclic amines) is 1. The fourth-order valence-electron chi connectivity index (χ4n) is 5.58. The Morgan fingerprint density at radius 1 is 1.08 bits per heavy atom. The van der Waals surface area contributed by atoms with E-state index in [-0.39, 0.29) is 18.0 Å². The number of aryl methyl sites for hydroxylation is 1. The Morgan fingerprint density at radius 3 is 2.69 bits per heavy atom. The van der Waals surface area contributed by atoms with Crippen LogP contribution in [0.5, 0.6) is 0 Å². The number of methoxy groups -OCH3 is 1. The molecule has 184 valence electrons. The molecule has 3 heterocycles. The van der Waals surface area contributed by atoms with Crippen molar-refractivity contribution in [2.24, 2.45) is 11.8 Å². The van der Waals surface area contributed by atoms with Crippen molar-refractivity contribution in [1.82, 2.24) is 14.8 Å². The van der Waals surface area contributed by atoms with Crippen LogP contribution in [0.4, 0.5) is 16.2 Å². The number of ether oxygens (including phenoxy) is 1. The van der Waals surface area contributed by atoms with Crippen LogP contribution in [0.25, 0.3) is 21.0 Å². The van der Waals surface area contributed by atoms with E-state index in [2.05, 4.69) is 22.8 Å². The van der Waals surface area contributed by atoms with Crippen LogP contribution in [-0.2, 0) is 4.74 Å². The van der Waals surface area contributed by atoms with Crippen molar-refractivity contribution >= 4 is 55.6 Å². The molecule has 7 nitrogen and oxygen atoms in total. The van der Waals surface area contributed by atoms with Crippen LogP contribution in [-0.4, -0.2) is 53.8 Å². The number of hydrogen-bond acceptors (Lipinski definition) is 5. The van der Waals surface area contributed by atoms with Crippen molar-refractivity contribution in [3.05, 3.63) is 59.1 Å². The third-order valence-corrected chi connectivity index (χ3v) is 9.12. The van der Waals surface area contributed by atoms with Gasteiger partial charge >= 0.3 is 6.03 Å². The van der Waals surface area contributed by atoms with Gasteiger partial charge < -0.3 is 20.3 Å². The second-order valence-electron chi connectivity index (χ2n) is 10.3. The minimum atomic E-state index is -0.0317. The van der Waals surface area contributed by atoms with E-state index in [9.17, 15) is 9.59 Å². The lowest BCUT2D eigenvalue weighted by atomic mass is 10.2. The number of hydrogen-bond donors (Lipinski definition) is 2. The molecular weight excluding hydrogens is 472 g/mol. The van der Waals surface area contributed by atoms with Crippen molar-refractivity contribution in [1.29, 1.82) is 0 Å². The molecule has 3 aliphatic rings. The van der Waals surface area contributed by atoms with E-state index in [1.165, 1.54) is 17.8 Å². The molecule has 2 saturated carbocycles. The van der Waals surface area contributed by atoms with E-state index >= 15 is 0 Å². The van der Waals surface area contributed by atoms with Gasteiger partial charge in [0.15, 0.2) is 0 Å². The fourth-order valence-corrected chi connectivity index (χ4v) is 6.68. The number of fused-ring (bicyclic) bond motifs is 3. The molecule has 3 fully saturated rings. The largest absolute Gasteiger partial charge is 0.380 e. The first-order chi connectivity index (χ1) is 17.5. The molecule has 2 aliphatic carbocycles. The molecule has 8 heteroatoms. The number of carbonyl (C=O) groups is 2. The van der Waals surface area contributed by atoms with Crippen molar-refractivity contribution < 1.29 is 14.3 Å². The highest BCUT2D eigenvalue weighted by atomic mass is 32.1. The van der Waals surface area contributed by atoms with Crippen molar-refractivity contribution in [2.75, 3.05) is 25.5 Å². The van der Waals surface area contributed by atoms with Gasteiger partial charge in [0.05, 0.1) is 26.9 Å². The van der Waals surface area contributed by atoms with Gasteiger partial charge in [-0.2, -0.15) is 0 Å². The average molecular weight is 501 g/mol. The molecule has 0 radical (unpaired) electrons. The Morgan fingerprint density at radius 2 is 1.94 bits per heavy atom. The Balaban J connectivity index is 1.14. The molecule has 2 aromatic heterocycles. The van der Waals surface area contributed by atoms with Gasteiger partial charge in [-0.25, -0.2) is 4.79 Å². The molecule has 2 amide bonds. The normalized spacial score (nSPS) is 24.2. The Bertz CT molecular complexity index is 1530. The number of thiophene rings is 1. The van der Waals surface area contributed by atoms with Crippen LogP contribution in [0.1, 0.15) is 28.2 Å². The van der Waals surface area contributed by atoms with Crippen LogP contribution in [0.2, 0.25) is 0 Å². The van der Waals surface area contributed by atoms with Gasteiger partial charge in [0.1, 0.15) is 0 Å². The molecule has 2 unspecified atom stereocenters. The van der Waals surface area contributed by atoms with Gasteiger partial charge in [0.25, 0.3) is 5.91 Å². The third kappa shape index (κ3) is 3.59. The first-order valence-corrected chi connectivity index (χ1v) is 13.4. The van der Waals surface area contributed by atoms with E-state index in [1.54, 1.807) is 11.7 Å². The van der Waals surface area contributed by atoms with E-state index < -0.39 is 0 Å². The lowest BCUT2D eigenvalue weighted by Gasteiger charge is -2.14. The van der Waals surface area contributed by atoms with Crippen molar-refractivity contribution in [2.45, 2.75) is 31.9 Å². The molecule has 7 rings (SSSR count). The van der Waals surface area contributed by atoms with Gasteiger partial charge in [-0.05, 0) is 73.4 Å². The lowest BCUT2D eigenvalue weighted by molar-refractivity contribution is 0.0728. The zero-order chi connectivity index (χ0) is 24.6. The van der Waals surface area contributed by atoms with Gasteiger partial charge in [-0.15, -0.1) is 11.3 Å². The van der Waals surface area contributed by atoms with E-state index in [0.29, 0.717) is 12.6 Å². The lowest BCUT2D eigenvalue weighted by Crippen LogP contribution is -2.34. The zero-order valence-electron chi connectivity index (χ0n) is 20.3. The first kappa shape index (κ1) is 21.9. The van der Waals surface area contributed by atoms with Gasteiger partial charge in [0.2, 0.25) is 0 Å². The summed E-state index contributed by atoms with van der Waals surface area (Å²) in [6, 6.07) is 16.6. The zero-order valence-corrected chi connectivity index (χ0v) is 21.1. The van der Waals surface area contributed by atoms with Gasteiger partial charge in [0, 0.05) is 43.0 Å². The molecule has 2 N–H and O–H groups in total. The van der Waals surface area contributed by atoms with Gasteiger partial charge in [-0.3, -0.25) is 9.36 Å². The van der Waals surface area contributed by atoms with Crippen LogP contribution in [0, 0.1) is 18.8 Å². The summed E-state index contributed by atoms with van der Waals surface area (Å²) in [5, 5.41) is 8.78. The van der Waals surface area contributed by atoms with Crippen LogP contribution >= 0.6 is 11.3 Å². The van der Waals surface area contributed by atoms with E-state index in [4.69, 9.17) is 4.74 Å². The summed E-state index contributed by atoms with van der Waals surface area (Å²) in [6.07, 6.45) is 2.27. The highest BCUT2D eigenvalue weighted by molar-refractivity contribution is 7.21. The molecule has 4 aromatic rings. The van der Waals surface area contributed by atoms with Gasteiger partial charge in [-0.1, -0.05) is 12.1 Å². The van der Waals surface area contributed by atoms with Crippen LogP contribution in [0.15, 0.2) is 48.5 Å². The smallest absolute Gasteiger partial charge is 0.326 e. The molecule has 2 aromatic carbocycles. The van der Waals surface area contributed by atoms with Crippen LogP contribution < -0.4 is 10.6 Å². The first-order valence-electron chi connectivity index (χ1n) is 12.5. The maximum atomic E-state index is 13.1. The predicted octanol–water partition coefficient (Wildman–Crippen LogP) is 5.34. The number of carbonyl (C=O) groups excluding carboxylic acids is 2. The summed E-state index contributed by atoms with van der Waals surface area (Å²) >= 11 is 1.52. The second-order valence-corrected chi connectivity index (χ2v) is 11.3. The summed E-state index contributed by atoms with van der Waals surface area (Å²) in [5.74, 6) is 1.52. The SMILES string of the molecule is CO[C@@H]1CCN(C(=O)c2cc3cccc(Nc4ccc5c(c4)cc(C)n5C(=O)NC4C5CC54)c3s2)C1. The highest BCUT2D eigenvalue weighted by Crippen LogP contribution is 2.62. The highest BCUT2D eigenvalue weighted by Gasteiger charge is 2.65. The summed E-state index contributed by atoms with van der Waals surface area (Å²) in [7, 11) is 1.70. The van der Waals surface area contributed by atoms with E-state index in [0.717, 1.165) is 67.7 Å². The Hall–Kier alpha value is -3.36. The monoisotopic (exact) mass is 500 g/mol. The molecule has 36 heavy (non-hydrogen) atoms. The second kappa shape index (κ2) is 8.08. The average Bonchev–Trinajstić information content (AvgIpc) is 3.57. The number of rotatable bonds is 5. The van der Waals surface area contributed by atoms with Crippen molar-refractivity contribution in [3.63, 3.8) is 0 Å². The Kier molecular flexibility index (Phi) is 4.91. The molecule has 3 atom stereocenters. The quantitative estimate of drug-likeness (QED) is 0.388. The maximum absolute atomic E-state index is 13.1. The van der Waals surface area contributed by atoms with E-state index in [1.807, 2.05) is 48.2 Å². The summed E-state index contributed by atoms with van der Waals surface area (Å²) in [5.41, 5.74) is 3.75.